The summed E-state index contributed by atoms with van der Waals surface area (Å²) in [5.41, 5.74) is 2.97. The van der Waals surface area contributed by atoms with Crippen LogP contribution in [0.4, 0.5) is 5.69 Å². The van der Waals surface area contributed by atoms with Gasteiger partial charge in [-0.3, -0.25) is 4.79 Å². The molecule has 1 atom stereocenters. The molecule has 0 bridgehead atoms. The first kappa shape index (κ1) is 19.4. The van der Waals surface area contributed by atoms with Crippen LogP contribution in [0.15, 0.2) is 36.4 Å². The number of carbonyl (C=O) groups is 1. The lowest BCUT2D eigenvalue weighted by Gasteiger charge is -2.21. The maximum Gasteiger partial charge on any atom is 0.224 e. The van der Waals surface area contributed by atoms with Crippen molar-refractivity contribution < 1.29 is 14.3 Å². The summed E-state index contributed by atoms with van der Waals surface area (Å²) in [4.78, 5) is 14.7. The largest absolute Gasteiger partial charge is 0.496 e. The Balaban J connectivity index is 1.60. The molecule has 1 fully saturated rings. The molecule has 1 unspecified atom stereocenters. The van der Waals surface area contributed by atoms with E-state index in [-0.39, 0.29) is 11.9 Å². The van der Waals surface area contributed by atoms with Gasteiger partial charge in [0.15, 0.2) is 0 Å². The molecular weight excluding hydrogens is 364 g/mol. The number of rotatable bonds is 6. The van der Waals surface area contributed by atoms with Crippen molar-refractivity contribution in [3.8, 4) is 11.5 Å². The lowest BCUT2D eigenvalue weighted by atomic mass is 10.1. The molecule has 0 radical (unpaired) electrons. The van der Waals surface area contributed by atoms with Crippen molar-refractivity contribution in [3.63, 3.8) is 0 Å². The van der Waals surface area contributed by atoms with E-state index in [1.54, 1.807) is 14.2 Å². The molecule has 3 rings (SSSR count). The van der Waals surface area contributed by atoms with E-state index in [1.807, 2.05) is 43.3 Å². The zero-order valence-corrected chi connectivity index (χ0v) is 16.7. The minimum absolute atomic E-state index is 0.0193. The SMILES string of the molecule is COc1cc(CC(=O)NC2CCN(c3cc(Cl)ccc3OC)C2)ccc1C. The van der Waals surface area contributed by atoms with E-state index in [9.17, 15) is 4.79 Å². The monoisotopic (exact) mass is 388 g/mol. The van der Waals surface area contributed by atoms with E-state index in [2.05, 4.69) is 10.2 Å². The van der Waals surface area contributed by atoms with E-state index < -0.39 is 0 Å². The molecule has 6 heteroatoms. The second-order valence-electron chi connectivity index (χ2n) is 6.80. The van der Waals surface area contributed by atoms with Gasteiger partial charge in [0.05, 0.1) is 26.3 Å². The maximum atomic E-state index is 12.5. The number of nitrogens with one attached hydrogen (secondary N) is 1. The Morgan fingerprint density at radius 2 is 1.96 bits per heavy atom. The highest BCUT2D eigenvalue weighted by molar-refractivity contribution is 6.30. The van der Waals surface area contributed by atoms with Crippen molar-refractivity contribution in [2.24, 2.45) is 0 Å². The fourth-order valence-electron chi connectivity index (χ4n) is 3.45. The molecule has 0 spiro atoms. The van der Waals surface area contributed by atoms with Crippen LogP contribution >= 0.6 is 11.6 Å². The molecule has 1 amide bonds. The number of carbonyl (C=O) groups excluding carboxylic acids is 1. The van der Waals surface area contributed by atoms with E-state index in [1.165, 1.54) is 0 Å². The van der Waals surface area contributed by atoms with Gasteiger partial charge in [-0.2, -0.15) is 0 Å². The Labute approximate surface area is 165 Å². The maximum absolute atomic E-state index is 12.5. The predicted octanol–water partition coefficient (Wildman–Crippen LogP) is 3.60. The van der Waals surface area contributed by atoms with Crippen LogP contribution in [0.2, 0.25) is 5.02 Å². The fourth-order valence-corrected chi connectivity index (χ4v) is 3.61. The Kier molecular flexibility index (Phi) is 6.11. The van der Waals surface area contributed by atoms with Gasteiger partial charge in [-0.05, 0) is 48.7 Å². The van der Waals surface area contributed by atoms with Crippen LogP contribution in [-0.4, -0.2) is 39.3 Å². The van der Waals surface area contributed by atoms with Crippen LogP contribution in [0.5, 0.6) is 11.5 Å². The molecule has 0 aliphatic carbocycles. The van der Waals surface area contributed by atoms with Gasteiger partial charge >= 0.3 is 0 Å². The van der Waals surface area contributed by atoms with Crippen LogP contribution in [0.3, 0.4) is 0 Å². The summed E-state index contributed by atoms with van der Waals surface area (Å²) in [6.45, 7) is 3.57. The normalized spacial score (nSPS) is 16.3. The molecule has 5 nitrogen and oxygen atoms in total. The highest BCUT2D eigenvalue weighted by Crippen LogP contribution is 2.33. The molecule has 1 heterocycles. The van der Waals surface area contributed by atoms with Gasteiger partial charge in [0.1, 0.15) is 11.5 Å². The Morgan fingerprint density at radius 1 is 1.19 bits per heavy atom. The smallest absolute Gasteiger partial charge is 0.224 e. The summed E-state index contributed by atoms with van der Waals surface area (Å²) in [6, 6.07) is 11.6. The number of methoxy groups -OCH3 is 2. The number of benzene rings is 2. The summed E-state index contributed by atoms with van der Waals surface area (Å²) in [7, 11) is 3.29. The topological polar surface area (TPSA) is 50.8 Å². The van der Waals surface area contributed by atoms with Gasteiger partial charge in [-0.15, -0.1) is 0 Å². The van der Waals surface area contributed by atoms with Crippen LogP contribution in [0, 0.1) is 6.92 Å². The molecule has 27 heavy (non-hydrogen) atoms. The summed E-state index contributed by atoms with van der Waals surface area (Å²) in [5, 5.41) is 3.81. The van der Waals surface area contributed by atoms with Gasteiger partial charge in [-0.1, -0.05) is 23.7 Å². The third kappa shape index (κ3) is 4.66. The Morgan fingerprint density at radius 3 is 2.70 bits per heavy atom. The van der Waals surface area contributed by atoms with E-state index in [4.69, 9.17) is 21.1 Å². The molecule has 0 saturated carbocycles. The van der Waals surface area contributed by atoms with Crippen molar-refractivity contribution in [3.05, 3.63) is 52.5 Å². The van der Waals surface area contributed by atoms with Crippen molar-refractivity contribution in [1.29, 1.82) is 0 Å². The number of aryl methyl sites for hydroxylation is 1. The summed E-state index contributed by atoms with van der Waals surface area (Å²) in [6.07, 6.45) is 1.23. The van der Waals surface area contributed by atoms with Crippen molar-refractivity contribution in [2.45, 2.75) is 25.8 Å². The number of anilines is 1. The van der Waals surface area contributed by atoms with Gasteiger partial charge in [0.2, 0.25) is 5.91 Å². The van der Waals surface area contributed by atoms with Crippen LogP contribution in [0.25, 0.3) is 0 Å². The minimum atomic E-state index is 0.0193. The molecule has 2 aromatic carbocycles. The lowest BCUT2D eigenvalue weighted by molar-refractivity contribution is -0.121. The minimum Gasteiger partial charge on any atom is -0.496 e. The lowest BCUT2D eigenvalue weighted by Crippen LogP contribution is -2.38. The van der Waals surface area contributed by atoms with E-state index in [0.29, 0.717) is 11.4 Å². The van der Waals surface area contributed by atoms with Gasteiger partial charge in [-0.25, -0.2) is 0 Å². The van der Waals surface area contributed by atoms with E-state index >= 15 is 0 Å². The van der Waals surface area contributed by atoms with E-state index in [0.717, 1.165) is 47.8 Å². The van der Waals surface area contributed by atoms with Gasteiger partial charge in [0, 0.05) is 24.2 Å². The quantitative estimate of drug-likeness (QED) is 0.821. The van der Waals surface area contributed by atoms with Crippen molar-refractivity contribution in [1.82, 2.24) is 5.32 Å². The molecule has 144 valence electrons. The molecule has 1 N–H and O–H groups in total. The first-order valence-electron chi connectivity index (χ1n) is 9.01. The molecule has 1 aliphatic heterocycles. The second-order valence-corrected chi connectivity index (χ2v) is 7.23. The van der Waals surface area contributed by atoms with Crippen LogP contribution < -0.4 is 19.7 Å². The molecule has 0 aromatic heterocycles. The Hall–Kier alpha value is -2.40. The fraction of sp³-hybridized carbons (Fsp3) is 0.381. The highest BCUT2D eigenvalue weighted by atomic mass is 35.5. The average Bonchev–Trinajstić information content (AvgIpc) is 3.11. The standard InChI is InChI=1S/C21H25ClN2O3/c1-14-4-5-15(10-20(14)27-3)11-21(25)23-17-8-9-24(13-17)18-12-16(22)6-7-19(18)26-2/h4-7,10,12,17H,8-9,11,13H2,1-3H3,(H,23,25). The summed E-state index contributed by atoms with van der Waals surface area (Å²) in [5.74, 6) is 1.62. The number of nitrogens with zero attached hydrogens (tertiary/aromatic N) is 1. The van der Waals surface area contributed by atoms with Gasteiger partial charge in [0.25, 0.3) is 0 Å². The van der Waals surface area contributed by atoms with Crippen molar-refractivity contribution >= 4 is 23.2 Å². The van der Waals surface area contributed by atoms with Crippen LogP contribution in [0.1, 0.15) is 17.5 Å². The zero-order chi connectivity index (χ0) is 19.4. The predicted molar refractivity (Wildman–Crippen MR) is 108 cm³/mol. The highest BCUT2D eigenvalue weighted by Gasteiger charge is 2.26. The third-order valence-electron chi connectivity index (χ3n) is 4.87. The number of hydrogen-bond acceptors (Lipinski definition) is 4. The number of ether oxygens (including phenoxy) is 2. The summed E-state index contributed by atoms with van der Waals surface area (Å²) >= 11 is 6.14. The Bertz CT molecular complexity index is 825. The first-order chi connectivity index (χ1) is 13.0. The average molecular weight is 389 g/mol. The number of amides is 1. The van der Waals surface area contributed by atoms with Crippen molar-refractivity contribution in [2.75, 3.05) is 32.2 Å². The summed E-state index contributed by atoms with van der Waals surface area (Å²) < 4.78 is 10.8. The second kappa shape index (κ2) is 8.53. The number of halogens is 1. The first-order valence-corrected chi connectivity index (χ1v) is 9.39. The number of hydrogen-bond donors (Lipinski definition) is 1. The molecule has 2 aromatic rings. The molecule has 1 saturated heterocycles. The zero-order valence-electron chi connectivity index (χ0n) is 15.9. The molecule has 1 aliphatic rings. The third-order valence-corrected chi connectivity index (χ3v) is 5.11. The molecular formula is C21H25ClN2O3. The van der Waals surface area contributed by atoms with Gasteiger partial charge < -0.3 is 19.7 Å². The van der Waals surface area contributed by atoms with Crippen LogP contribution in [-0.2, 0) is 11.2 Å².